The van der Waals surface area contributed by atoms with Crippen molar-refractivity contribution in [3.63, 3.8) is 0 Å². The number of rotatable bonds is 4. The molecule has 0 saturated carbocycles. The maximum Gasteiger partial charge on any atom is 0.340 e. The second kappa shape index (κ2) is 7.71. The first-order chi connectivity index (χ1) is 16.4. The zero-order valence-electron chi connectivity index (χ0n) is 19.2. The lowest BCUT2D eigenvalue weighted by molar-refractivity contribution is -0.157. The van der Waals surface area contributed by atoms with Crippen molar-refractivity contribution in [2.75, 3.05) is 13.1 Å². The number of aryl methyl sites for hydroxylation is 1. The quantitative estimate of drug-likeness (QED) is 0.357. The van der Waals surface area contributed by atoms with Gasteiger partial charge in [0.25, 0.3) is 5.56 Å². The Hall–Kier alpha value is -3.10. The molecule has 3 aromatic rings. The molecule has 0 radical (unpaired) electrons. The number of esters is 1. The zero-order valence-corrected chi connectivity index (χ0v) is 19.2. The molecule has 2 aliphatic heterocycles. The number of pyridine rings is 2. The monoisotopic (exact) mass is 463 g/mol. The van der Waals surface area contributed by atoms with Crippen molar-refractivity contribution >= 4 is 16.9 Å². The molecule has 6 rings (SSSR count). The van der Waals surface area contributed by atoms with Crippen LogP contribution in [0.25, 0.3) is 22.3 Å². The number of carbonyl (C=O) groups excluding carboxylic acids is 1. The third-order valence-electron chi connectivity index (χ3n) is 7.58. The Kier molecular flexibility index (Phi) is 4.86. The highest BCUT2D eigenvalue weighted by atomic mass is 19.1. The van der Waals surface area contributed by atoms with Gasteiger partial charge in [-0.3, -0.25) is 4.79 Å². The number of halogens is 1. The number of hydrogen-bond acceptors (Lipinski definition) is 6. The number of fused-ring (bicyclic) bond motifs is 5. The fourth-order valence-corrected chi connectivity index (χ4v) is 5.85. The average molecular weight is 464 g/mol. The van der Waals surface area contributed by atoms with E-state index >= 15 is 0 Å². The second-order valence-electron chi connectivity index (χ2n) is 9.51. The topological polar surface area (TPSA) is 93.5 Å². The van der Waals surface area contributed by atoms with Gasteiger partial charge in [0.2, 0.25) is 0 Å². The van der Waals surface area contributed by atoms with Crippen LogP contribution in [-0.4, -0.2) is 33.7 Å². The molecular weight excluding hydrogens is 437 g/mol. The van der Waals surface area contributed by atoms with Gasteiger partial charge in [0, 0.05) is 29.1 Å². The fraction of sp³-hybridized carbons (Fsp3) is 0.423. The van der Waals surface area contributed by atoms with Gasteiger partial charge in [0.15, 0.2) is 6.10 Å². The summed E-state index contributed by atoms with van der Waals surface area (Å²) in [5.74, 6) is -0.818. The van der Waals surface area contributed by atoms with E-state index in [1.807, 2.05) is 6.92 Å². The van der Waals surface area contributed by atoms with Gasteiger partial charge in [-0.25, -0.2) is 14.2 Å². The number of benzene rings is 1. The molecule has 0 spiro atoms. The summed E-state index contributed by atoms with van der Waals surface area (Å²) in [7, 11) is 0. The highest BCUT2D eigenvalue weighted by Gasteiger charge is 2.37. The van der Waals surface area contributed by atoms with E-state index in [4.69, 9.17) is 9.72 Å². The average Bonchev–Trinajstić information content (AvgIpc) is 3.19. The highest BCUT2D eigenvalue weighted by molar-refractivity contribution is 5.93. The molecular formula is C26H26FN3O4. The number of nitrogens with one attached hydrogen (secondary N) is 1. The molecule has 2 atom stereocenters. The van der Waals surface area contributed by atoms with E-state index in [0.717, 1.165) is 54.4 Å². The summed E-state index contributed by atoms with van der Waals surface area (Å²) >= 11 is 0. The van der Waals surface area contributed by atoms with Crippen LogP contribution in [0.2, 0.25) is 0 Å². The molecule has 0 fully saturated rings. The molecule has 2 N–H and O–H groups in total. The highest BCUT2D eigenvalue weighted by Crippen LogP contribution is 2.45. The first-order valence-electron chi connectivity index (χ1n) is 11.9. The summed E-state index contributed by atoms with van der Waals surface area (Å²) in [6, 6.07) is 3.17. The zero-order chi connectivity index (χ0) is 23.7. The molecule has 1 aliphatic carbocycles. The summed E-state index contributed by atoms with van der Waals surface area (Å²) in [5, 5.41) is 14.9. The van der Waals surface area contributed by atoms with Crippen LogP contribution in [0.3, 0.4) is 0 Å². The number of hydrogen-bond donors (Lipinski definition) is 2. The first kappa shape index (κ1) is 21.4. The van der Waals surface area contributed by atoms with E-state index in [0.29, 0.717) is 34.6 Å². The predicted octanol–water partition coefficient (Wildman–Crippen LogP) is 2.99. The number of ether oxygens (including phenoxy) is 1. The lowest BCUT2D eigenvalue weighted by atomic mass is 9.78. The normalized spacial score (nSPS) is 20.2. The summed E-state index contributed by atoms with van der Waals surface area (Å²) in [5.41, 5.74) is 5.84. The van der Waals surface area contributed by atoms with Crippen molar-refractivity contribution in [3.05, 3.63) is 61.7 Å². The molecule has 8 heteroatoms. The number of aliphatic hydroxyl groups excluding tert-OH is 1. The number of carbonyl (C=O) groups is 1. The molecule has 34 heavy (non-hydrogen) atoms. The molecule has 7 nitrogen and oxygen atoms in total. The van der Waals surface area contributed by atoms with Gasteiger partial charge >= 0.3 is 5.97 Å². The Morgan fingerprint density at radius 2 is 2.09 bits per heavy atom. The van der Waals surface area contributed by atoms with E-state index in [1.165, 1.54) is 6.07 Å². The van der Waals surface area contributed by atoms with Crippen molar-refractivity contribution in [1.82, 2.24) is 14.9 Å². The molecule has 0 saturated heterocycles. The van der Waals surface area contributed by atoms with Crippen LogP contribution in [0.5, 0.6) is 0 Å². The van der Waals surface area contributed by atoms with Crippen molar-refractivity contribution in [2.24, 2.45) is 0 Å². The Morgan fingerprint density at radius 3 is 2.88 bits per heavy atom. The van der Waals surface area contributed by atoms with Crippen molar-refractivity contribution < 1.29 is 19.0 Å². The van der Waals surface area contributed by atoms with E-state index < -0.39 is 12.1 Å². The van der Waals surface area contributed by atoms with Gasteiger partial charge in [-0.15, -0.1) is 0 Å². The van der Waals surface area contributed by atoms with Gasteiger partial charge in [0.05, 0.1) is 29.0 Å². The molecule has 4 heterocycles. The minimum Gasteiger partial charge on any atom is -0.458 e. The van der Waals surface area contributed by atoms with Crippen LogP contribution in [0.4, 0.5) is 4.39 Å². The largest absolute Gasteiger partial charge is 0.458 e. The number of nitrogens with zero attached hydrogens (tertiary/aromatic N) is 2. The van der Waals surface area contributed by atoms with Crippen LogP contribution in [0, 0.1) is 12.7 Å². The Labute approximate surface area is 195 Å². The smallest absolute Gasteiger partial charge is 0.340 e. The lowest BCUT2D eigenvalue weighted by Crippen LogP contribution is -2.32. The summed E-state index contributed by atoms with van der Waals surface area (Å²) in [6.07, 6.45) is 1.22. The minimum absolute atomic E-state index is 0.152. The number of cyclic esters (lactones) is 1. The van der Waals surface area contributed by atoms with Crippen LogP contribution >= 0.6 is 0 Å². The third-order valence-corrected chi connectivity index (χ3v) is 7.58. The van der Waals surface area contributed by atoms with Crippen molar-refractivity contribution in [3.8, 4) is 11.4 Å². The molecule has 3 aliphatic rings. The molecule has 176 valence electrons. The maximum atomic E-state index is 14.8. The van der Waals surface area contributed by atoms with E-state index in [1.54, 1.807) is 10.6 Å². The molecule has 1 aromatic carbocycles. The van der Waals surface area contributed by atoms with Crippen molar-refractivity contribution in [1.29, 1.82) is 0 Å². The van der Waals surface area contributed by atoms with Gasteiger partial charge in [-0.2, -0.15) is 0 Å². The van der Waals surface area contributed by atoms with E-state index in [2.05, 4.69) is 12.2 Å². The SMILES string of the molecule is CCCNC[C@@H]1CCc2c(C)c(F)cc3nc4c(c1c23)Cn1c-4cc2c(c1=O)COC(=O)C2O. The second-order valence-corrected chi connectivity index (χ2v) is 9.51. The van der Waals surface area contributed by atoms with Crippen LogP contribution < -0.4 is 10.9 Å². The van der Waals surface area contributed by atoms with Gasteiger partial charge in [0.1, 0.15) is 12.4 Å². The summed E-state index contributed by atoms with van der Waals surface area (Å²) < 4.78 is 21.5. The van der Waals surface area contributed by atoms with Gasteiger partial charge < -0.3 is 19.7 Å². The summed E-state index contributed by atoms with van der Waals surface area (Å²) in [4.78, 5) is 30.1. The van der Waals surface area contributed by atoms with Crippen LogP contribution in [0.15, 0.2) is 16.9 Å². The number of aliphatic hydroxyl groups is 1. The maximum absolute atomic E-state index is 14.8. The first-order valence-corrected chi connectivity index (χ1v) is 11.9. The Morgan fingerprint density at radius 1 is 1.26 bits per heavy atom. The Balaban J connectivity index is 1.62. The predicted molar refractivity (Wildman–Crippen MR) is 124 cm³/mol. The fourth-order valence-electron chi connectivity index (χ4n) is 5.85. The van der Waals surface area contributed by atoms with Crippen LogP contribution in [-0.2, 0) is 29.1 Å². The standard InChI is InChI=1S/C26H26FN3O4/c1-3-6-28-9-13-4-5-14-12(2)18(27)8-19-22(14)21(13)16-10-30-20(23(16)29-19)7-15-17(25(30)32)11-34-26(33)24(15)31/h7-8,13,24,28,31H,3-6,9-11H2,1-2H3/t13-,24?/m0/s1. The molecule has 0 amide bonds. The summed E-state index contributed by atoms with van der Waals surface area (Å²) in [6.45, 7) is 5.88. The lowest BCUT2D eigenvalue weighted by Gasteiger charge is -2.29. The van der Waals surface area contributed by atoms with E-state index in [9.17, 15) is 19.1 Å². The van der Waals surface area contributed by atoms with Crippen LogP contribution in [0.1, 0.15) is 65.2 Å². The third kappa shape index (κ3) is 2.91. The molecule has 1 unspecified atom stereocenters. The van der Waals surface area contributed by atoms with Gasteiger partial charge in [-0.1, -0.05) is 6.92 Å². The Bertz CT molecular complexity index is 1440. The van der Waals surface area contributed by atoms with Gasteiger partial charge in [-0.05, 0) is 61.4 Å². The number of aromatic nitrogens is 2. The molecule has 0 bridgehead atoms. The minimum atomic E-state index is -1.50. The van der Waals surface area contributed by atoms with E-state index in [-0.39, 0.29) is 29.5 Å². The molecule has 2 aromatic heterocycles. The van der Waals surface area contributed by atoms with Crippen molar-refractivity contribution in [2.45, 2.75) is 58.3 Å².